The van der Waals surface area contributed by atoms with Crippen molar-refractivity contribution in [3.63, 3.8) is 0 Å². The van der Waals surface area contributed by atoms with Gasteiger partial charge in [0, 0.05) is 17.3 Å². The van der Waals surface area contributed by atoms with Crippen molar-refractivity contribution in [3.05, 3.63) is 102 Å². The number of aromatic nitrogens is 3. The molecule has 1 unspecified atom stereocenters. The van der Waals surface area contributed by atoms with E-state index in [4.69, 9.17) is 19.9 Å². The van der Waals surface area contributed by atoms with Gasteiger partial charge in [-0.1, -0.05) is 18.2 Å². The first-order valence-corrected chi connectivity index (χ1v) is 12.2. The number of fused-ring (bicyclic) bond motifs is 3. The van der Waals surface area contributed by atoms with Gasteiger partial charge in [0.1, 0.15) is 41.2 Å². The second kappa shape index (κ2) is 9.63. The molecule has 0 aliphatic carbocycles. The number of ether oxygens (including phenoxy) is 3. The summed E-state index contributed by atoms with van der Waals surface area (Å²) in [6, 6.07) is 19.5. The van der Waals surface area contributed by atoms with E-state index in [1.54, 1.807) is 30.3 Å². The van der Waals surface area contributed by atoms with Crippen LogP contribution < -0.4 is 15.2 Å². The fraction of sp³-hybridized carbons (Fsp3) is 0.172. The number of anilines is 1. The Bertz CT molecular complexity index is 1670. The zero-order valence-electron chi connectivity index (χ0n) is 20.8. The normalized spacial score (nSPS) is 14.9. The van der Waals surface area contributed by atoms with Gasteiger partial charge >= 0.3 is 6.18 Å². The van der Waals surface area contributed by atoms with Gasteiger partial charge in [0.2, 0.25) is 0 Å². The summed E-state index contributed by atoms with van der Waals surface area (Å²) in [6.45, 7) is 2.42. The zero-order chi connectivity index (χ0) is 27.1. The molecule has 3 heterocycles. The Kier molecular flexibility index (Phi) is 6.11. The number of nitrogen functional groups attached to an aromatic ring is 1. The van der Waals surface area contributed by atoms with Crippen molar-refractivity contribution in [2.75, 3.05) is 5.73 Å². The summed E-state index contributed by atoms with van der Waals surface area (Å²) in [5.41, 5.74) is 10.3. The zero-order valence-corrected chi connectivity index (χ0v) is 20.8. The molecule has 0 saturated heterocycles. The Morgan fingerprint density at radius 3 is 2.54 bits per heavy atom. The van der Waals surface area contributed by atoms with Gasteiger partial charge < -0.3 is 24.5 Å². The maximum atomic E-state index is 13.0. The predicted molar refractivity (Wildman–Crippen MR) is 139 cm³/mol. The Hall–Kier alpha value is -4.57. The lowest BCUT2D eigenvalue weighted by atomic mass is 10.1. The fourth-order valence-corrected chi connectivity index (χ4v) is 4.77. The Labute approximate surface area is 221 Å². The number of hydrogen-bond donors (Lipinski definition) is 1. The first-order chi connectivity index (χ1) is 18.8. The third-order valence-electron chi connectivity index (χ3n) is 6.58. The fourth-order valence-electron chi connectivity index (χ4n) is 4.77. The summed E-state index contributed by atoms with van der Waals surface area (Å²) in [6.07, 6.45) is -3.04. The Morgan fingerprint density at radius 2 is 1.74 bits per heavy atom. The molecule has 0 saturated carbocycles. The van der Waals surface area contributed by atoms with Gasteiger partial charge in [-0.05, 0) is 61.0 Å². The largest absolute Gasteiger partial charge is 0.489 e. The topological polar surface area (TPSA) is 84.4 Å². The van der Waals surface area contributed by atoms with Crippen molar-refractivity contribution in [3.8, 4) is 22.9 Å². The van der Waals surface area contributed by atoms with E-state index >= 15 is 0 Å². The molecule has 0 fully saturated rings. The number of hydrogen-bond acceptors (Lipinski definition) is 6. The molecule has 39 heavy (non-hydrogen) atoms. The second-order valence-electron chi connectivity index (χ2n) is 9.16. The highest BCUT2D eigenvalue weighted by atomic mass is 19.4. The predicted octanol–water partition coefficient (Wildman–Crippen LogP) is 6.98. The highest BCUT2D eigenvalue weighted by molar-refractivity contribution is 5.91. The minimum absolute atomic E-state index is 0.00754. The minimum atomic E-state index is -4.40. The maximum absolute atomic E-state index is 13.0. The number of halogens is 3. The quantitative estimate of drug-likeness (QED) is 0.254. The average molecular weight is 533 g/mol. The van der Waals surface area contributed by atoms with E-state index in [0.717, 1.165) is 40.1 Å². The van der Waals surface area contributed by atoms with Gasteiger partial charge in [-0.3, -0.25) is 0 Å². The van der Waals surface area contributed by atoms with Crippen molar-refractivity contribution < 1.29 is 27.4 Å². The van der Waals surface area contributed by atoms with Gasteiger partial charge in [0.05, 0.1) is 24.0 Å². The summed E-state index contributed by atoms with van der Waals surface area (Å²) in [7, 11) is 0. The van der Waals surface area contributed by atoms with Gasteiger partial charge in [-0.25, -0.2) is 9.97 Å². The summed E-state index contributed by atoms with van der Waals surface area (Å²) in [5, 5.41) is 0. The number of benzene rings is 3. The molecule has 10 heteroatoms. The van der Waals surface area contributed by atoms with Crippen LogP contribution in [0.25, 0.3) is 16.7 Å². The summed E-state index contributed by atoms with van der Waals surface area (Å²) < 4.78 is 58.6. The molecule has 0 bridgehead atoms. The number of alkyl halides is 3. The molecule has 6 rings (SSSR count). The van der Waals surface area contributed by atoms with Crippen LogP contribution in [0.5, 0.6) is 17.2 Å². The molecule has 1 aliphatic rings. The summed E-state index contributed by atoms with van der Waals surface area (Å²) in [5.74, 6) is 1.98. The van der Waals surface area contributed by atoms with Crippen molar-refractivity contribution >= 4 is 16.9 Å². The van der Waals surface area contributed by atoms with Gasteiger partial charge in [0.15, 0.2) is 5.82 Å². The van der Waals surface area contributed by atoms with Crippen LogP contribution in [-0.4, -0.2) is 14.5 Å². The summed E-state index contributed by atoms with van der Waals surface area (Å²) in [4.78, 5) is 8.64. The van der Waals surface area contributed by atoms with Gasteiger partial charge in [0.25, 0.3) is 0 Å². The molecule has 7 nitrogen and oxygen atoms in total. The molecule has 1 aliphatic heterocycles. The lowest BCUT2D eigenvalue weighted by Crippen LogP contribution is -2.06. The molecule has 2 aromatic heterocycles. The second-order valence-corrected chi connectivity index (χ2v) is 9.16. The molecule has 0 spiro atoms. The molecule has 5 aromatic rings. The smallest absolute Gasteiger partial charge is 0.416 e. The molecule has 198 valence electrons. The van der Waals surface area contributed by atoms with Crippen molar-refractivity contribution in [2.24, 2.45) is 0 Å². The van der Waals surface area contributed by atoms with Gasteiger partial charge in [-0.15, -0.1) is 0 Å². The van der Waals surface area contributed by atoms with E-state index in [0.29, 0.717) is 35.2 Å². The molecule has 3 aromatic carbocycles. The minimum Gasteiger partial charge on any atom is -0.489 e. The first kappa shape index (κ1) is 24.7. The molecule has 0 radical (unpaired) electrons. The van der Waals surface area contributed by atoms with Crippen LogP contribution in [0.2, 0.25) is 0 Å². The van der Waals surface area contributed by atoms with E-state index in [9.17, 15) is 13.2 Å². The molecule has 0 amide bonds. The lowest BCUT2D eigenvalue weighted by Gasteiger charge is -2.13. The number of nitrogens with two attached hydrogens (primary N) is 1. The van der Waals surface area contributed by atoms with Crippen molar-refractivity contribution in [2.45, 2.75) is 32.4 Å². The third-order valence-corrected chi connectivity index (χ3v) is 6.58. The van der Waals surface area contributed by atoms with Crippen LogP contribution >= 0.6 is 0 Å². The van der Waals surface area contributed by atoms with Crippen LogP contribution in [0.15, 0.2) is 79.1 Å². The lowest BCUT2D eigenvalue weighted by molar-refractivity contribution is -0.137. The maximum Gasteiger partial charge on any atom is 0.416 e. The summed E-state index contributed by atoms with van der Waals surface area (Å²) >= 11 is 0. The van der Waals surface area contributed by atoms with Crippen molar-refractivity contribution in [1.29, 1.82) is 0 Å². The van der Waals surface area contributed by atoms with Crippen LogP contribution in [0.3, 0.4) is 0 Å². The highest BCUT2D eigenvalue weighted by Crippen LogP contribution is 2.41. The monoisotopic (exact) mass is 532 g/mol. The van der Waals surface area contributed by atoms with E-state index < -0.39 is 11.7 Å². The molecule has 1 atom stereocenters. The van der Waals surface area contributed by atoms with Crippen LogP contribution in [0.4, 0.5) is 19.0 Å². The van der Waals surface area contributed by atoms with Crippen LogP contribution in [0.1, 0.15) is 35.4 Å². The van der Waals surface area contributed by atoms with Gasteiger partial charge in [-0.2, -0.15) is 13.2 Å². The van der Waals surface area contributed by atoms with Crippen LogP contribution in [0, 0.1) is 0 Å². The molecular formula is C29H23F3N4O3. The van der Waals surface area contributed by atoms with Crippen LogP contribution in [-0.2, 0) is 24.1 Å². The SMILES string of the molecule is CC1OCc2c1c1ncnc(N)c1n2-c1ccc(Oc2cccc(OCc3cccc(C(F)(F)F)c3)c2)cc1. The standard InChI is InChI=1S/C29H23F3N4O3/c1-17-25-24(15-37-17)36(27-26(25)34-16-35-28(27)33)20-8-10-21(11-9-20)39-23-7-3-6-22(13-23)38-14-18-4-2-5-19(12-18)29(30,31)32/h2-13,16-17H,14-15H2,1H3,(H2,33,34,35). The first-order valence-electron chi connectivity index (χ1n) is 12.2. The Balaban J connectivity index is 1.20. The van der Waals surface area contributed by atoms with E-state index in [-0.39, 0.29) is 12.7 Å². The highest BCUT2D eigenvalue weighted by Gasteiger charge is 2.31. The van der Waals surface area contributed by atoms with E-state index in [2.05, 4.69) is 9.97 Å². The molecule has 2 N–H and O–H groups in total. The number of nitrogens with zero attached hydrogens (tertiary/aromatic N) is 3. The third kappa shape index (κ3) is 4.74. The number of rotatable bonds is 6. The average Bonchev–Trinajstić information content (AvgIpc) is 3.46. The van der Waals surface area contributed by atoms with Crippen molar-refractivity contribution in [1.82, 2.24) is 14.5 Å². The van der Waals surface area contributed by atoms with E-state index in [1.807, 2.05) is 35.8 Å². The Morgan fingerprint density at radius 1 is 0.974 bits per heavy atom. The van der Waals surface area contributed by atoms with E-state index in [1.165, 1.54) is 12.4 Å². The molecular weight excluding hydrogens is 509 g/mol.